The fourth-order valence-electron chi connectivity index (χ4n) is 4.63. The zero-order valence-corrected chi connectivity index (χ0v) is 16.1. The molecule has 1 amide bonds. The van der Waals surface area contributed by atoms with E-state index in [4.69, 9.17) is 0 Å². The van der Waals surface area contributed by atoms with Gasteiger partial charge >= 0.3 is 0 Å². The van der Waals surface area contributed by atoms with Crippen molar-refractivity contribution in [2.24, 2.45) is 5.92 Å². The molecule has 4 heteroatoms. The largest absolute Gasteiger partial charge is 0.371 e. The molecule has 0 bridgehead atoms. The molecule has 2 unspecified atom stereocenters. The second-order valence-electron chi connectivity index (χ2n) is 8.30. The number of carbonyl (C=O) groups is 1. The first-order chi connectivity index (χ1) is 12.6. The van der Waals surface area contributed by atoms with Gasteiger partial charge in [-0.2, -0.15) is 0 Å². The number of amides is 1. The first-order valence-corrected chi connectivity index (χ1v) is 10.3. The number of nitrogens with zero attached hydrogens (tertiary/aromatic N) is 1. The monoisotopic (exact) mass is 353 g/mol. The van der Waals surface area contributed by atoms with Crippen molar-refractivity contribution in [1.82, 2.24) is 10.3 Å². The smallest absolute Gasteiger partial charge is 0.267 e. The van der Waals surface area contributed by atoms with Crippen molar-refractivity contribution in [3.8, 4) is 0 Å². The van der Waals surface area contributed by atoms with E-state index in [1.54, 1.807) is 0 Å². The van der Waals surface area contributed by atoms with Crippen LogP contribution in [-0.2, 0) is 0 Å². The van der Waals surface area contributed by atoms with Crippen LogP contribution in [0.4, 0.5) is 5.69 Å². The zero-order chi connectivity index (χ0) is 18.1. The van der Waals surface area contributed by atoms with Gasteiger partial charge in [0.05, 0.1) is 0 Å². The molecule has 1 aliphatic heterocycles. The summed E-state index contributed by atoms with van der Waals surface area (Å²) in [6, 6.07) is 6.82. The molecular weight excluding hydrogens is 322 g/mol. The molecule has 1 aromatic carbocycles. The van der Waals surface area contributed by atoms with Crippen LogP contribution in [0.25, 0.3) is 10.9 Å². The number of rotatable bonds is 3. The van der Waals surface area contributed by atoms with E-state index in [1.807, 2.05) is 6.07 Å². The Morgan fingerprint density at radius 3 is 2.62 bits per heavy atom. The first kappa shape index (κ1) is 17.4. The van der Waals surface area contributed by atoms with Crippen molar-refractivity contribution in [3.63, 3.8) is 0 Å². The van der Waals surface area contributed by atoms with E-state index in [9.17, 15) is 4.79 Å². The molecule has 4 rings (SSSR count). The van der Waals surface area contributed by atoms with Crippen molar-refractivity contribution < 1.29 is 4.79 Å². The molecule has 0 spiro atoms. The number of anilines is 1. The number of fused-ring (bicyclic) bond motifs is 1. The molecule has 2 aromatic rings. The summed E-state index contributed by atoms with van der Waals surface area (Å²) in [5.74, 6) is 0.614. The van der Waals surface area contributed by atoms with Gasteiger partial charge in [0.25, 0.3) is 5.91 Å². The number of aromatic nitrogens is 1. The van der Waals surface area contributed by atoms with E-state index in [2.05, 4.69) is 41.2 Å². The van der Waals surface area contributed by atoms with Crippen molar-refractivity contribution in [2.75, 3.05) is 18.0 Å². The SMILES string of the molecule is Cc1cc(N2CCCCC2)cc2[nH]c(C(=O)NC3CCCCC3C)cc12. The van der Waals surface area contributed by atoms with E-state index in [-0.39, 0.29) is 5.91 Å². The van der Waals surface area contributed by atoms with Gasteiger partial charge in [0.2, 0.25) is 0 Å². The number of aryl methyl sites for hydroxylation is 1. The van der Waals surface area contributed by atoms with Gasteiger partial charge in [-0.25, -0.2) is 0 Å². The van der Waals surface area contributed by atoms with Crippen LogP contribution in [0.3, 0.4) is 0 Å². The van der Waals surface area contributed by atoms with Gasteiger partial charge in [-0.3, -0.25) is 4.79 Å². The minimum Gasteiger partial charge on any atom is -0.371 e. The summed E-state index contributed by atoms with van der Waals surface area (Å²) in [6.07, 6.45) is 8.72. The van der Waals surface area contributed by atoms with E-state index in [1.165, 1.54) is 49.8 Å². The van der Waals surface area contributed by atoms with Crippen LogP contribution in [0.5, 0.6) is 0 Å². The van der Waals surface area contributed by atoms with E-state index in [0.717, 1.165) is 30.4 Å². The summed E-state index contributed by atoms with van der Waals surface area (Å²) in [5, 5.41) is 4.42. The third-order valence-electron chi connectivity index (χ3n) is 6.32. The average molecular weight is 354 g/mol. The fourth-order valence-corrected chi connectivity index (χ4v) is 4.63. The molecule has 2 heterocycles. The predicted octanol–water partition coefficient (Wildman–Crippen LogP) is 4.78. The highest BCUT2D eigenvalue weighted by molar-refractivity contribution is 5.99. The Balaban J connectivity index is 1.56. The van der Waals surface area contributed by atoms with Gasteiger partial charge in [0.1, 0.15) is 5.69 Å². The van der Waals surface area contributed by atoms with E-state index in [0.29, 0.717) is 17.7 Å². The molecule has 2 N–H and O–H groups in total. The fraction of sp³-hybridized carbons (Fsp3) is 0.591. The van der Waals surface area contributed by atoms with Crippen LogP contribution in [0.2, 0.25) is 0 Å². The van der Waals surface area contributed by atoms with Gasteiger partial charge in [-0.05, 0) is 68.7 Å². The van der Waals surface area contributed by atoms with Crippen molar-refractivity contribution in [3.05, 3.63) is 29.5 Å². The Bertz CT molecular complexity index is 788. The lowest BCUT2D eigenvalue weighted by Gasteiger charge is -2.29. The molecule has 0 radical (unpaired) electrons. The normalized spacial score (nSPS) is 24.0. The lowest BCUT2D eigenvalue weighted by molar-refractivity contribution is 0.0906. The summed E-state index contributed by atoms with van der Waals surface area (Å²) < 4.78 is 0. The third kappa shape index (κ3) is 3.46. The second-order valence-corrected chi connectivity index (χ2v) is 8.30. The Kier molecular flexibility index (Phi) is 4.92. The minimum absolute atomic E-state index is 0.0406. The highest BCUT2D eigenvalue weighted by Gasteiger charge is 2.24. The summed E-state index contributed by atoms with van der Waals surface area (Å²) in [5.41, 5.74) is 4.29. The third-order valence-corrected chi connectivity index (χ3v) is 6.32. The molecule has 1 saturated heterocycles. The van der Waals surface area contributed by atoms with Gasteiger partial charge in [0, 0.05) is 35.7 Å². The van der Waals surface area contributed by atoms with E-state index >= 15 is 0 Å². The van der Waals surface area contributed by atoms with Crippen LogP contribution >= 0.6 is 0 Å². The Morgan fingerprint density at radius 2 is 1.85 bits per heavy atom. The maximum Gasteiger partial charge on any atom is 0.267 e. The first-order valence-electron chi connectivity index (χ1n) is 10.3. The van der Waals surface area contributed by atoms with E-state index < -0.39 is 0 Å². The summed E-state index contributed by atoms with van der Waals surface area (Å²) >= 11 is 0. The highest BCUT2D eigenvalue weighted by Crippen LogP contribution is 2.29. The molecule has 1 aliphatic carbocycles. The molecule has 140 valence electrons. The number of piperidine rings is 1. The van der Waals surface area contributed by atoms with Gasteiger partial charge in [-0.1, -0.05) is 19.8 Å². The molecule has 4 nitrogen and oxygen atoms in total. The maximum atomic E-state index is 12.8. The topological polar surface area (TPSA) is 48.1 Å². The summed E-state index contributed by atoms with van der Waals surface area (Å²) in [6.45, 7) is 6.68. The van der Waals surface area contributed by atoms with Crippen LogP contribution in [0.15, 0.2) is 18.2 Å². The van der Waals surface area contributed by atoms with Gasteiger partial charge in [-0.15, -0.1) is 0 Å². The quantitative estimate of drug-likeness (QED) is 0.834. The molecular formula is C22H31N3O. The van der Waals surface area contributed by atoms with Gasteiger partial charge < -0.3 is 15.2 Å². The number of hydrogen-bond donors (Lipinski definition) is 2. The van der Waals surface area contributed by atoms with Crippen molar-refractivity contribution >= 4 is 22.5 Å². The second kappa shape index (κ2) is 7.34. The number of carbonyl (C=O) groups excluding carboxylic acids is 1. The zero-order valence-electron chi connectivity index (χ0n) is 16.1. The Labute approximate surface area is 156 Å². The number of hydrogen-bond acceptors (Lipinski definition) is 2. The van der Waals surface area contributed by atoms with Crippen LogP contribution in [-0.4, -0.2) is 30.0 Å². The Hall–Kier alpha value is -1.97. The van der Waals surface area contributed by atoms with Crippen molar-refractivity contribution in [1.29, 1.82) is 0 Å². The number of aromatic amines is 1. The standard InChI is InChI=1S/C22H31N3O/c1-15-8-4-5-9-19(15)24-22(26)21-14-18-16(2)12-17(13-20(18)23-21)25-10-6-3-7-11-25/h12-15,19,23H,3-11H2,1-2H3,(H,24,26). The summed E-state index contributed by atoms with van der Waals surface area (Å²) in [7, 11) is 0. The molecule has 1 aromatic heterocycles. The number of H-pyrrole nitrogens is 1. The number of nitrogens with one attached hydrogen (secondary N) is 2. The minimum atomic E-state index is 0.0406. The Morgan fingerprint density at radius 1 is 1.08 bits per heavy atom. The lowest BCUT2D eigenvalue weighted by atomic mass is 9.86. The highest BCUT2D eigenvalue weighted by atomic mass is 16.1. The number of benzene rings is 1. The molecule has 2 atom stereocenters. The van der Waals surface area contributed by atoms with Gasteiger partial charge in [0.15, 0.2) is 0 Å². The summed E-state index contributed by atoms with van der Waals surface area (Å²) in [4.78, 5) is 18.6. The van der Waals surface area contributed by atoms with Crippen LogP contribution in [0, 0.1) is 12.8 Å². The van der Waals surface area contributed by atoms with Crippen LogP contribution < -0.4 is 10.2 Å². The molecule has 26 heavy (non-hydrogen) atoms. The molecule has 1 saturated carbocycles. The van der Waals surface area contributed by atoms with Crippen molar-refractivity contribution in [2.45, 2.75) is 64.8 Å². The maximum absolute atomic E-state index is 12.8. The average Bonchev–Trinajstić information content (AvgIpc) is 3.09. The predicted molar refractivity (Wildman–Crippen MR) is 108 cm³/mol. The lowest BCUT2D eigenvalue weighted by Crippen LogP contribution is -2.41. The van der Waals surface area contributed by atoms with Crippen LogP contribution in [0.1, 0.15) is 67.9 Å². The molecule has 2 fully saturated rings. The molecule has 2 aliphatic rings.